The largest absolute Gasteiger partial charge is 0.495 e. The van der Waals surface area contributed by atoms with Gasteiger partial charge in [-0.3, -0.25) is 9.10 Å². The monoisotopic (exact) mass is 486 g/mol. The molecular weight excluding hydrogens is 460 g/mol. The third kappa shape index (κ3) is 4.81. The molecule has 1 saturated heterocycles. The van der Waals surface area contributed by atoms with Gasteiger partial charge in [0, 0.05) is 50.4 Å². The van der Waals surface area contributed by atoms with Gasteiger partial charge in [-0.1, -0.05) is 12.1 Å². The molecule has 4 rings (SSSR count). The molecular formula is C23H26N4O4S2. The third-order valence-corrected chi connectivity index (χ3v) is 8.27. The standard InChI is InChI=1S/C23H26N4O4S2/c1-25(20-6-3-4-7-21(20)31-2)33(29,30)19-10-8-18(9-11-19)22(28)26-13-5-14-27(16-15-26)23-24-12-17-32-23/h3-4,6-12,17H,5,13-16H2,1-2H3. The Labute approximate surface area is 198 Å². The van der Waals surface area contributed by atoms with Crippen LogP contribution >= 0.6 is 11.3 Å². The van der Waals surface area contributed by atoms with Gasteiger partial charge in [-0.2, -0.15) is 0 Å². The highest BCUT2D eigenvalue weighted by Crippen LogP contribution is 2.31. The van der Waals surface area contributed by atoms with Crippen LogP contribution in [0.15, 0.2) is 65.0 Å². The van der Waals surface area contributed by atoms with Crippen LogP contribution in [0.4, 0.5) is 10.8 Å². The van der Waals surface area contributed by atoms with Crippen LogP contribution in [0, 0.1) is 0 Å². The average Bonchev–Trinajstić information content (AvgIpc) is 3.27. The SMILES string of the molecule is COc1ccccc1N(C)S(=O)(=O)c1ccc(C(=O)N2CCCN(c3nccs3)CC2)cc1. The maximum absolute atomic E-state index is 13.1. The van der Waals surface area contributed by atoms with Crippen molar-refractivity contribution < 1.29 is 17.9 Å². The van der Waals surface area contributed by atoms with E-state index >= 15 is 0 Å². The zero-order valence-electron chi connectivity index (χ0n) is 18.5. The highest BCUT2D eigenvalue weighted by molar-refractivity contribution is 7.92. The predicted molar refractivity (Wildman–Crippen MR) is 130 cm³/mol. The minimum Gasteiger partial charge on any atom is -0.495 e. The van der Waals surface area contributed by atoms with E-state index in [1.165, 1.54) is 30.6 Å². The molecule has 0 bridgehead atoms. The van der Waals surface area contributed by atoms with Crippen LogP contribution in [-0.4, -0.2) is 64.5 Å². The Hall–Kier alpha value is -3.11. The van der Waals surface area contributed by atoms with Gasteiger partial charge in [0.15, 0.2) is 5.13 Å². The van der Waals surface area contributed by atoms with Gasteiger partial charge in [0.05, 0.1) is 17.7 Å². The van der Waals surface area contributed by atoms with Crippen molar-refractivity contribution in [1.82, 2.24) is 9.88 Å². The first kappa shape index (κ1) is 23.1. The summed E-state index contributed by atoms with van der Waals surface area (Å²) in [6.07, 6.45) is 2.64. The van der Waals surface area contributed by atoms with Crippen LogP contribution in [0.1, 0.15) is 16.8 Å². The number of carbonyl (C=O) groups excluding carboxylic acids is 1. The van der Waals surface area contributed by atoms with Crippen molar-refractivity contribution >= 4 is 38.1 Å². The molecule has 8 nitrogen and oxygen atoms in total. The predicted octanol–water partition coefficient (Wildman–Crippen LogP) is 3.33. The Morgan fingerprint density at radius 1 is 1.06 bits per heavy atom. The fourth-order valence-corrected chi connectivity index (χ4v) is 5.72. The summed E-state index contributed by atoms with van der Waals surface area (Å²) >= 11 is 1.59. The fourth-order valence-electron chi connectivity index (χ4n) is 3.81. The molecule has 0 aliphatic carbocycles. The molecule has 0 saturated carbocycles. The quantitative estimate of drug-likeness (QED) is 0.532. The summed E-state index contributed by atoms with van der Waals surface area (Å²) in [7, 11) is -0.832. The second-order valence-corrected chi connectivity index (χ2v) is 10.5. The number of hydrogen-bond acceptors (Lipinski definition) is 7. The third-order valence-electron chi connectivity index (χ3n) is 5.66. The molecule has 1 fully saturated rings. The van der Waals surface area contributed by atoms with E-state index in [-0.39, 0.29) is 10.8 Å². The second-order valence-electron chi connectivity index (χ2n) is 7.62. The van der Waals surface area contributed by atoms with Gasteiger partial charge in [0.1, 0.15) is 5.75 Å². The van der Waals surface area contributed by atoms with E-state index < -0.39 is 10.0 Å². The lowest BCUT2D eigenvalue weighted by molar-refractivity contribution is 0.0767. The summed E-state index contributed by atoms with van der Waals surface area (Å²) in [6, 6.07) is 13.0. The minimum absolute atomic E-state index is 0.0991. The molecule has 1 aliphatic rings. The number of methoxy groups -OCH3 is 1. The molecule has 10 heteroatoms. The Morgan fingerprint density at radius 2 is 1.82 bits per heavy atom. The maximum atomic E-state index is 13.1. The molecule has 1 amide bonds. The normalized spacial score (nSPS) is 14.6. The molecule has 3 aromatic rings. The summed E-state index contributed by atoms with van der Waals surface area (Å²) < 4.78 is 32.8. The number of benzene rings is 2. The van der Waals surface area contributed by atoms with Gasteiger partial charge in [-0.05, 0) is 42.8 Å². The molecule has 174 valence electrons. The number of ether oxygens (including phenoxy) is 1. The Bertz CT molecular complexity index is 1200. The van der Waals surface area contributed by atoms with Gasteiger partial charge >= 0.3 is 0 Å². The molecule has 1 aromatic heterocycles. The van der Waals surface area contributed by atoms with Crippen LogP contribution in [0.3, 0.4) is 0 Å². The first-order valence-electron chi connectivity index (χ1n) is 10.6. The van der Waals surface area contributed by atoms with Crippen LogP contribution in [-0.2, 0) is 10.0 Å². The van der Waals surface area contributed by atoms with Crippen molar-refractivity contribution in [3.05, 3.63) is 65.7 Å². The van der Waals surface area contributed by atoms with Crippen molar-refractivity contribution in [1.29, 1.82) is 0 Å². The second kappa shape index (κ2) is 9.80. The Morgan fingerprint density at radius 3 is 2.52 bits per heavy atom. The van der Waals surface area contributed by atoms with E-state index in [4.69, 9.17) is 4.74 Å². The van der Waals surface area contributed by atoms with E-state index in [2.05, 4.69) is 9.88 Å². The Kier molecular flexibility index (Phi) is 6.85. The highest BCUT2D eigenvalue weighted by Gasteiger charge is 2.25. The summed E-state index contributed by atoms with van der Waals surface area (Å²) in [5.41, 5.74) is 0.908. The van der Waals surface area contributed by atoms with Gasteiger partial charge in [0.2, 0.25) is 0 Å². The van der Waals surface area contributed by atoms with E-state index in [1.54, 1.807) is 53.9 Å². The number of sulfonamides is 1. The molecule has 2 aromatic carbocycles. The molecule has 0 radical (unpaired) electrons. The molecule has 1 aliphatic heterocycles. The average molecular weight is 487 g/mol. The van der Waals surface area contributed by atoms with Crippen LogP contribution < -0.4 is 13.9 Å². The fraction of sp³-hybridized carbons (Fsp3) is 0.304. The van der Waals surface area contributed by atoms with E-state index in [9.17, 15) is 13.2 Å². The smallest absolute Gasteiger partial charge is 0.264 e. The number of rotatable bonds is 6. The first-order chi connectivity index (χ1) is 15.9. The summed E-state index contributed by atoms with van der Waals surface area (Å²) in [6.45, 7) is 2.81. The summed E-state index contributed by atoms with van der Waals surface area (Å²) in [4.78, 5) is 21.5. The van der Waals surface area contributed by atoms with Crippen LogP contribution in [0.25, 0.3) is 0 Å². The number of thiazole rings is 1. The van der Waals surface area contributed by atoms with Crippen LogP contribution in [0.5, 0.6) is 5.75 Å². The minimum atomic E-state index is -3.81. The van der Waals surface area contributed by atoms with E-state index in [0.29, 0.717) is 30.1 Å². The van der Waals surface area contributed by atoms with Crippen molar-refractivity contribution in [2.45, 2.75) is 11.3 Å². The number of nitrogens with zero attached hydrogens (tertiary/aromatic N) is 4. The number of hydrogen-bond donors (Lipinski definition) is 0. The van der Waals surface area contributed by atoms with Crippen molar-refractivity contribution in [3.8, 4) is 5.75 Å². The van der Waals surface area contributed by atoms with Gasteiger partial charge in [-0.15, -0.1) is 11.3 Å². The van der Waals surface area contributed by atoms with Gasteiger partial charge < -0.3 is 14.5 Å². The molecule has 0 spiro atoms. The summed E-state index contributed by atoms with van der Waals surface area (Å²) in [5, 5.41) is 2.92. The lowest BCUT2D eigenvalue weighted by Crippen LogP contribution is -2.35. The molecule has 0 atom stereocenters. The summed E-state index contributed by atoms with van der Waals surface area (Å²) in [5.74, 6) is 0.362. The molecule has 0 unspecified atom stereocenters. The van der Waals surface area contributed by atoms with Gasteiger partial charge in [-0.25, -0.2) is 13.4 Å². The maximum Gasteiger partial charge on any atom is 0.264 e. The number of amides is 1. The van der Waals surface area contributed by atoms with Crippen molar-refractivity contribution in [3.63, 3.8) is 0 Å². The Balaban J connectivity index is 1.48. The first-order valence-corrected chi connectivity index (χ1v) is 12.9. The molecule has 2 heterocycles. The van der Waals surface area contributed by atoms with E-state index in [0.717, 1.165) is 24.6 Å². The number of carbonyl (C=O) groups is 1. The van der Waals surface area contributed by atoms with Crippen molar-refractivity contribution in [2.75, 3.05) is 49.5 Å². The van der Waals surface area contributed by atoms with Gasteiger partial charge in [0.25, 0.3) is 15.9 Å². The zero-order chi connectivity index (χ0) is 23.4. The zero-order valence-corrected chi connectivity index (χ0v) is 20.2. The molecule has 33 heavy (non-hydrogen) atoms. The topological polar surface area (TPSA) is 83.0 Å². The van der Waals surface area contributed by atoms with Crippen molar-refractivity contribution in [2.24, 2.45) is 0 Å². The molecule has 0 N–H and O–H groups in total. The van der Waals surface area contributed by atoms with Crippen LogP contribution in [0.2, 0.25) is 0 Å². The number of anilines is 2. The number of para-hydroxylation sites is 2. The lowest BCUT2D eigenvalue weighted by Gasteiger charge is -2.23. The number of aromatic nitrogens is 1. The highest BCUT2D eigenvalue weighted by atomic mass is 32.2. The van der Waals surface area contributed by atoms with E-state index in [1.807, 2.05) is 10.3 Å². The lowest BCUT2D eigenvalue weighted by atomic mass is 10.2.